The largest absolute Gasteiger partial charge is 0.455 e. The second kappa shape index (κ2) is 13.8. The molecule has 2 heterocycles. The Balaban J connectivity index is 1.21. The monoisotopic (exact) mass is 671 g/mol. The molecule has 0 N–H and O–H groups in total. The molecule has 0 aliphatic carbocycles. The molecular weight excluding hydrogens is 635 g/mol. The molecule has 2 aromatic heterocycles. The number of hydrogen-bond donors (Lipinski definition) is 0. The summed E-state index contributed by atoms with van der Waals surface area (Å²) in [7, 11) is 0. The summed E-state index contributed by atoms with van der Waals surface area (Å²) in [6.45, 7) is 14.4. The Bertz CT molecular complexity index is 2710. The Hall–Kier alpha value is -6.84. The molecule has 0 bridgehead atoms. The van der Waals surface area contributed by atoms with Crippen LogP contribution in [0.2, 0.25) is 0 Å². The molecule has 0 atom stereocenters. The first-order valence-corrected chi connectivity index (χ1v) is 17.4. The van der Waals surface area contributed by atoms with Gasteiger partial charge in [-0.2, -0.15) is 0 Å². The van der Waals surface area contributed by atoms with Gasteiger partial charge in [0, 0.05) is 49.8 Å². The highest BCUT2D eigenvalue weighted by atomic mass is 16.3. The molecule has 8 rings (SSSR count). The van der Waals surface area contributed by atoms with Crippen molar-refractivity contribution in [2.24, 2.45) is 0 Å². The first-order chi connectivity index (χ1) is 25.6. The van der Waals surface area contributed by atoms with Crippen LogP contribution in [0.4, 0.5) is 17.1 Å². The Morgan fingerprint density at radius 2 is 1.19 bits per heavy atom. The van der Waals surface area contributed by atoms with Crippen molar-refractivity contribution in [3.63, 3.8) is 0 Å². The van der Waals surface area contributed by atoms with Crippen molar-refractivity contribution in [3.05, 3.63) is 198 Å². The highest BCUT2D eigenvalue weighted by molar-refractivity contribution is 6.09. The van der Waals surface area contributed by atoms with Crippen LogP contribution in [-0.2, 0) is 0 Å². The van der Waals surface area contributed by atoms with E-state index < -0.39 is 0 Å². The number of anilines is 3. The summed E-state index contributed by atoms with van der Waals surface area (Å²) in [5.41, 5.74) is 12.9. The molecule has 0 saturated carbocycles. The number of para-hydroxylation sites is 2. The van der Waals surface area contributed by atoms with Crippen LogP contribution >= 0.6 is 0 Å². The van der Waals surface area contributed by atoms with E-state index in [0.717, 1.165) is 77.6 Å². The average Bonchev–Trinajstić information content (AvgIpc) is 3.74. The predicted octanol–water partition coefficient (Wildman–Crippen LogP) is 12.5. The Morgan fingerprint density at radius 1 is 0.596 bits per heavy atom. The van der Waals surface area contributed by atoms with Crippen LogP contribution in [0.5, 0.6) is 0 Å². The highest BCUT2D eigenvalue weighted by Gasteiger charge is 2.17. The van der Waals surface area contributed by atoms with Crippen LogP contribution < -0.4 is 15.5 Å². The minimum absolute atomic E-state index is 0.689. The number of allylic oxidation sites excluding steroid dienone is 2. The van der Waals surface area contributed by atoms with Gasteiger partial charge in [-0.3, -0.25) is 0 Å². The van der Waals surface area contributed by atoms with Gasteiger partial charge < -0.3 is 13.7 Å². The molecule has 8 aromatic rings. The zero-order valence-corrected chi connectivity index (χ0v) is 29.1. The van der Waals surface area contributed by atoms with Gasteiger partial charge in [0.1, 0.15) is 22.3 Å². The maximum absolute atomic E-state index is 6.37. The second-order valence-electron chi connectivity index (χ2n) is 12.6. The molecule has 0 amide bonds. The summed E-state index contributed by atoms with van der Waals surface area (Å²) in [6, 6.07) is 50.9. The predicted molar refractivity (Wildman–Crippen MR) is 220 cm³/mol. The lowest BCUT2D eigenvalue weighted by Gasteiger charge is -2.26. The van der Waals surface area contributed by atoms with E-state index in [0.29, 0.717) is 11.2 Å². The molecule has 6 aromatic carbocycles. The smallest absolute Gasteiger partial charge is 0.143 e. The van der Waals surface area contributed by atoms with Gasteiger partial charge in [-0.15, -0.1) is 0 Å². The quantitative estimate of drug-likeness (QED) is 0.153. The Labute approximate surface area is 303 Å². The molecule has 0 spiro atoms. The Morgan fingerprint density at radius 3 is 1.85 bits per heavy atom. The van der Waals surface area contributed by atoms with Crippen molar-refractivity contribution in [3.8, 4) is 22.3 Å². The summed E-state index contributed by atoms with van der Waals surface area (Å²) in [5, 5.41) is 3.05. The van der Waals surface area contributed by atoms with Crippen LogP contribution in [0.3, 0.4) is 0 Å². The SMILES string of the molecule is C=C/C(c1ccc(N(c2ccc(-c3ccccc3)cc2)c2ccc(-c3cccc4c3oc3ccccc34)cc2)cc1)=c1/oc(C=C)c(/C=C\C)c1=C. The fourth-order valence-corrected chi connectivity index (χ4v) is 6.99. The summed E-state index contributed by atoms with van der Waals surface area (Å²) >= 11 is 0. The zero-order chi connectivity index (χ0) is 35.6. The number of fused-ring (bicyclic) bond motifs is 3. The number of nitrogens with zero attached hydrogens (tertiary/aromatic N) is 1. The molecule has 0 fully saturated rings. The van der Waals surface area contributed by atoms with E-state index in [-0.39, 0.29) is 0 Å². The summed E-state index contributed by atoms with van der Waals surface area (Å²) < 4.78 is 12.6. The summed E-state index contributed by atoms with van der Waals surface area (Å²) in [4.78, 5) is 2.28. The normalized spacial score (nSPS) is 12.0. The van der Waals surface area contributed by atoms with Gasteiger partial charge >= 0.3 is 0 Å². The van der Waals surface area contributed by atoms with E-state index in [1.807, 2.05) is 43.4 Å². The zero-order valence-electron chi connectivity index (χ0n) is 29.1. The maximum atomic E-state index is 6.37. The Kier molecular flexibility index (Phi) is 8.60. The standard InChI is InChI=1S/C49H37NO2/c1-5-14-42-33(4)48(51-46(42)7-3)41(6-2)36-23-29-39(30-24-36)50(38-27-21-35(22-28-38)34-15-9-8-10-16-34)40-31-25-37(26-32-40)43-18-13-19-45-44-17-11-12-20-47(44)52-49(43)45/h5-32H,2-4H2,1H3/b14-5-,48-41-. The molecule has 0 aliphatic rings. The lowest BCUT2D eigenvalue weighted by Crippen LogP contribution is -2.23. The molecule has 52 heavy (non-hydrogen) atoms. The van der Waals surface area contributed by atoms with Crippen LogP contribution in [0.15, 0.2) is 180 Å². The van der Waals surface area contributed by atoms with Crippen molar-refractivity contribution in [1.82, 2.24) is 0 Å². The molecule has 0 radical (unpaired) electrons. The minimum atomic E-state index is 0.689. The first-order valence-electron chi connectivity index (χ1n) is 17.4. The molecule has 0 aliphatic heterocycles. The van der Waals surface area contributed by atoms with Gasteiger partial charge in [-0.05, 0) is 77.7 Å². The number of benzene rings is 6. The topological polar surface area (TPSA) is 29.5 Å². The van der Waals surface area contributed by atoms with Crippen LogP contribution in [0, 0.1) is 0 Å². The van der Waals surface area contributed by atoms with E-state index >= 15 is 0 Å². The van der Waals surface area contributed by atoms with E-state index in [1.54, 1.807) is 6.08 Å². The van der Waals surface area contributed by atoms with E-state index in [1.165, 1.54) is 5.56 Å². The lowest BCUT2D eigenvalue weighted by molar-refractivity contribution is 0.520. The van der Waals surface area contributed by atoms with Gasteiger partial charge in [0.15, 0.2) is 0 Å². The van der Waals surface area contributed by atoms with E-state index in [9.17, 15) is 0 Å². The third-order valence-electron chi connectivity index (χ3n) is 9.55. The van der Waals surface area contributed by atoms with Gasteiger partial charge in [0.05, 0.1) is 0 Å². The van der Waals surface area contributed by atoms with E-state index in [2.05, 4.69) is 152 Å². The fraction of sp³-hybridized carbons (Fsp3) is 0.0204. The first kappa shape index (κ1) is 32.4. The van der Waals surface area contributed by atoms with Crippen molar-refractivity contribution in [2.75, 3.05) is 4.90 Å². The van der Waals surface area contributed by atoms with Gasteiger partial charge in [-0.1, -0.05) is 141 Å². The van der Waals surface area contributed by atoms with Crippen LogP contribution in [-0.4, -0.2) is 0 Å². The molecule has 0 unspecified atom stereocenters. The van der Waals surface area contributed by atoms with Crippen molar-refractivity contribution in [1.29, 1.82) is 0 Å². The molecule has 3 nitrogen and oxygen atoms in total. The number of rotatable bonds is 9. The van der Waals surface area contributed by atoms with Crippen molar-refractivity contribution < 1.29 is 8.83 Å². The van der Waals surface area contributed by atoms with Crippen molar-refractivity contribution >= 4 is 63.3 Å². The van der Waals surface area contributed by atoms with Gasteiger partial charge in [0.25, 0.3) is 0 Å². The molecule has 250 valence electrons. The number of furan rings is 2. The second-order valence-corrected chi connectivity index (χ2v) is 12.6. The lowest BCUT2D eigenvalue weighted by atomic mass is 10.0. The fourth-order valence-electron chi connectivity index (χ4n) is 6.99. The summed E-state index contributed by atoms with van der Waals surface area (Å²) in [5.74, 6) is 0.694. The summed E-state index contributed by atoms with van der Waals surface area (Å²) in [6.07, 6.45) is 7.53. The number of hydrogen-bond acceptors (Lipinski definition) is 3. The minimum Gasteiger partial charge on any atom is -0.455 e. The average molecular weight is 672 g/mol. The van der Waals surface area contributed by atoms with Gasteiger partial charge in [0.2, 0.25) is 0 Å². The third kappa shape index (κ3) is 5.78. The molecule has 3 heteroatoms. The molecule has 0 saturated heterocycles. The highest BCUT2D eigenvalue weighted by Crippen LogP contribution is 2.39. The molecular formula is C49H37NO2. The van der Waals surface area contributed by atoms with Gasteiger partial charge in [-0.25, -0.2) is 0 Å². The van der Waals surface area contributed by atoms with E-state index in [4.69, 9.17) is 8.83 Å². The van der Waals surface area contributed by atoms with Crippen molar-refractivity contribution in [2.45, 2.75) is 6.92 Å². The van der Waals surface area contributed by atoms with Crippen LogP contribution in [0.1, 0.15) is 23.8 Å². The van der Waals surface area contributed by atoms with Crippen LogP contribution in [0.25, 0.3) is 68.5 Å². The third-order valence-corrected chi connectivity index (χ3v) is 9.55. The maximum Gasteiger partial charge on any atom is 0.143 e.